The number of ether oxygens (including phenoxy) is 1. The van der Waals surface area contributed by atoms with Crippen molar-refractivity contribution in [1.29, 1.82) is 0 Å². The Hall–Kier alpha value is -5.43. The zero-order valence-electron chi connectivity index (χ0n) is 23.2. The Morgan fingerprint density at radius 1 is 0.884 bits per heavy atom. The second-order valence-electron chi connectivity index (χ2n) is 11.2. The Balaban J connectivity index is 1.44. The van der Waals surface area contributed by atoms with E-state index in [-0.39, 0.29) is 17.5 Å². The lowest BCUT2D eigenvalue weighted by Gasteiger charge is -2.38. The molecule has 3 aliphatic heterocycles. The zero-order valence-corrected chi connectivity index (χ0v) is 23.2. The van der Waals surface area contributed by atoms with Crippen LogP contribution in [0.25, 0.3) is 17.0 Å². The van der Waals surface area contributed by atoms with Gasteiger partial charge in [-0.2, -0.15) is 0 Å². The maximum absolute atomic E-state index is 15.0. The number of rotatable bonds is 5. The van der Waals surface area contributed by atoms with E-state index >= 15 is 0 Å². The number of amides is 1. The number of benzene rings is 4. The highest BCUT2D eigenvalue weighted by atomic mass is 16.5. The molecule has 1 saturated heterocycles. The standard InChI is InChI=1S/C36H26N2O5/c1-42-28-17-9-5-13-24(28)32(39)31-30(33(40)29-20-22-11-3-8-16-27(22)43-29)36(25-14-6-7-15-26(25)37-35(36)41)34-23-12-4-2-10-21(23)18-19-38(31)34/h2-20,30-31,34H,1H3,(H,37,41)/t30-,31+,34+,36-/m0/s1. The van der Waals surface area contributed by atoms with Crippen LogP contribution in [0.2, 0.25) is 0 Å². The summed E-state index contributed by atoms with van der Waals surface area (Å²) in [6, 6.07) is 29.7. The van der Waals surface area contributed by atoms with Gasteiger partial charge in [0, 0.05) is 17.3 Å². The molecule has 1 spiro atoms. The van der Waals surface area contributed by atoms with Gasteiger partial charge in [-0.3, -0.25) is 14.4 Å². The van der Waals surface area contributed by atoms with E-state index in [4.69, 9.17) is 9.15 Å². The number of para-hydroxylation sites is 3. The number of fused-ring (bicyclic) bond motifs is 7. The normalized spacial score (nSPS) is 23.1. The molecule has 0 aliphatic carbocycles. The fraction of sp³-hybridized carbons (Fsp3) is 0.139. The van der Waals surface area contributed by atoms with Crippen molar-refractivity contribution in [3.63, 3.8) is 0 Å². The number of carbonyl (C=O) groups excluding carboxylic acids is 3. The van der Waals surface area contributed by atoms with Crippen molar-refractivity contribution in [2.45, 2.75) is 17.5 Å². The number of Topliss-reactive ketones (excluding diaryl/α,β-unsaturated/α-hetero) is 2. The fourth-order valence-electron chi connectivity index (χ4n) is 7.43. The molecule has 43 heavy (non-hydrogen) atoms. The van der Waals surface area contributed by atoms with Crippen LogP contribution in [0.1, 0.15) is 43.6 Å². The number of hydrogen-bond acceptors (Lipinski definition) is 6. The molecule has 0 radical (unpaired) electrons. The first-order valence-corrected chi connectivity index (χ1v) is 14.2. The predicted molar refractivity (Wildman–Crippen MR) is 162 cm³/mol. The molecule has 1 fully saturated rings. The van der Waals surface area contributed by atoms with Crippen molar-refractivity contribution in [3.05, 3.63) is 137 Å². The fourth-order valence-corrected chi connectivity index (χ4v) is 7.43. The summed E-state index contributed by atoms with van der Waals surface area (Å²) >= 11 is 0. The molecule has 4 heterocycles. The Morgan fingerprint density at radius 3 is 2.49 bits per heavy atom. The van der Waals surface area contributed by atoms with Crippen molar-refractivity contribution >= 4 is 40.2 Å². The largest absolute Gasteiger partial charge is 0.496 e. The summed E-state index contributed by atoms with van der Waals surface area (Å²) in [5.74, 6) is -1.66. The van der Waals surface area contributed by atoms with Gasteiger partial charge in [0.2, 0.25) is 11.7 Å². The Kier molecular flexibility index (Phi) is 5.46. The van der Waals surface area contributed by atoms with Crippen molar-refractivity contribution in [1.82, 2.24) is 4.90 Å². The average Bonchev–Trinajstić information content (AvgIpc) is 3.71. The number of hydrogen-bond donors (Lipinski definition) is 1. The second-order valence-corrected chi connectivity index (χ2v) is 11.2. The van der Waals surface area contributed by atoms with Gasteiger partial charge in [0.25, 0.3) is 0 Å². The first-order valence-electron chi connectivity index (χ1n) is 14.2. The van der Waals surface area contributed by atoms with E-state index in [1.807, 2.05) is 83.9 Å². The highest BCUT2D eigenvalue weighted by Crippen LogP contribution is 2.62. The van der Waals surface area contributed by atoms with Gasteiger partial charge in [-0.15, -0.1) is 0 Å². The zero-order chi connectivity index (χ0) is 29.3. The third kappa shape index (κ3) is 3.39. The summed E-state index contributed by atoms with van der Waals surface area (Å²) in [4.78, 5) is 46.3. The van der Waals surface area contributed by atoms with Crippen molar-refractivity contribution in [2.75, 3.05) is 12.4 Å². The molecule has 3 aliphatic rings. The van der Waals surface area contributed by atoms with Gasteiger partial charge < -0.3 is 19.4 Å². The Morgan fingerprint density at radius 2 is 1.63 bits per heavy atom. The highest BCUT2D eigenvalue weighted by molar-refractivity contribution is 6.17. The number of carbonyl (C=O) groups is 3. The Bertz CT molecular complexity index is 1970. The summed E-state index contributed by atoms with van der Waals surface area (Å²) in [6.45, 7) is 0. The minimum absolute atomic E-state index is 0.109. The third-order valence-electron chi connectivity index (χ3n) is 9.16. The van der Waals surface area contributed by atoms with Crippen LogP contribution in [-0.4, -0.2) is 35.5 Å². The average molecular weight is 567 g/mol. The van der Waals surface area contributed by atoms with E-state index in [2.05, 4.69) is 5.32 Å². The van der Waals surface area contributed by atoms with Gasteiger partial charge in [0.15, 0.2) is 11.5 Å². The van der Waals surface area contributed by atoms with Gasteiger partial charge in [-0.1, -0.05) is 72.8 Å². The molecule has 7 heteroatoms. The number of furan rings is 1. The molecular formula is C36H26N2O5. The molecule has 4 atom stereocenters. The van der Waals surface area contributed by atoms with Gasteiger partial charge in [0.1, 0.15) is 22.8 Å². The number of anilines is 1. The van der Waals surface area contributed by atoms with E-state index in [0.717, 1.165) is 16.5 Å². The van der Waals surface area contributed by atoms with Crippen LogP contribution in [0.15, 0.2) is 114 Å². The number of methoxy groups -OCH3 is 1. The molecule has 4 aromatic carbocycles. The SMILES string of the molecule is COc1ccccc1C(=O)[C@H]1[C@@H](C(=O)c2cc3ccccc3o2)[C@]2(C(=O)Nc3ccccc32)[C@H]2c3ccccc3C=CN12. The van der Waals surface area contributed by atoms with Gasteiger partial charge in [-0.05, 0) is 53.1 Å². The minimum Gasteiger partial charge on any atom is -0.496 e. The van der Waals surface area contributed by atoms with E-state index in [0.29, 0.717) is 28.1 Å². The summed E-state index contributed by atoms with van der Waals surface area (Å²) in [7, 11) is 1.51. The minimum atomic E-state index is -1.43. The van der Waals surface area contributed by atoms with Crippen LogP contribution in [-0.2, 0) is 10.2 Å². The highest BCUT2D eigenvalue weighted by Gasteiger charge is 2.71. The first kappa shape index (κ1) is 25.3. The lowest BCUT2D eigenvalue weighted by atomic mass is 9.63. The van der Waals surface area contributed by atoms with Crippen LogP contribution in [0.5, 0.6) is 5.75 Å². The van der Waals surface area contributed by atoms with Gasteiger partial charge >= 0.3 is 0 Å². The topological polar surface area (TPSA) is 88.9 Å². The predicted octanol–water partition coefficient (Wildman–Crippen LogP) is 6.42. The summed E-state index contributed by atoms with van der Waals surface area (Å²) in [5.41, 5.74) is 2.58. The first-order chi connectivity index (χ1) is 21.0. The van der Waals surface area contributed by atoms with E-state index < -0.39 is 29.2 Å². The molecule has 1 N–H and O–H groups in total. The van der Waals surface area contributed by atoms with E-state index in [1.165, 1.54) is 7.11 Å². The number of ketones is 2. The molecule has 7 nitrogen and oxygen atoms in total. The van der Waals surface area contributed by atoms with Crippen LogP contribution in [0, 0.1) is 5.92 Å². The van der Waals surface area contributed by atoms with Crippen molar-refractivity contribution in [3.8, 4) is 5.75 Å². The van der Waals surface area contributed by atoms with Crippen LogP contribution < -0.4 is 10.1 Å². The molecule has 210 valence electrons. The van der Waals surface area contributed by atoms with Crippen molar-refractivity contribution in [2.24, 2.45) is 5.92 Å². The molecule has 1 amide bonds. The summed E-state index contributed by atoms with van der Waals surface area (Å²) < 4.78 is 11.7. The number of nitrogens with one attached hydrogen (secondary N) is 1. The van der Waals surface area contributed by atoms with Gasteiger partial charge in [-0.25, -0.2) is 0 Å². The van der Waals surface area contributed by atoms with Crippen LogP contribution >= 0.6 is 0 Å². The monoisotopic (exact) mass is 566 g/mol. The molecular weight excluding hydrogens is 540 g/mol. The van der Waals surface area contributed by atoms with Crippen molar-refractivity contribution < 1.29 is 23.5 Å². The van der Waals surface area contributed by atoms with Crippen LogP contribution in [0.4, 0.5) is 5.69 Å². The quantitative estimate of drug-likeness (QED) is 0.247. The maximum Gasteiger partial charge on any atom is 0.238 e. The molecule has 0 unspecified atom stereocenters. The maximum atomic E-state index is 15.0. The smallest absolute Gasteiger partial charge is 0.238 e. The molecule has 0 saturated carbocycles. The lowest BCUT2D eigenvalue weighted by molar-refractivity contribution is -0.122. The second kappa shape index (κ2) is 9.29. The third-order valence-corrected chi connectivity index (χ3v) is 9.16. The lowest BCUT2D eigenvalue weighted by Crippen LogP contribution is -2.49. The van der Waals surface area contributed by atoms with E-state index in [9.17, 15) is 14.4 Å². The summed E-state index contributed by atoms with van der Waals surface area (Å²) in [6.07, 6.45) is 3.79. The molecule has 5 aromatic rings. The molecule has 1 aromatic heterocycles. The Labute approximate surface area is 247 Å². The van der Waals surface area contributed by atoms with E-state index in [1.54, 1.807) is 36.4 Å². The van der Waals surface area contributed by atoms with Gasteiger partial charge in [0.05, 0.1) is 24.6 Å². The number of nitrogens with zero attached hydrogens (tertiary/aromatic N) is 1. The molecule has 8 rings (SSSR count). The molecule has 0 bridgehead atoms. The summed E-state index contributed by atoms with van der Waals surface area (Å²) in [5, 5.41) is 3.84. The van der Waals surface area contributed by atoms with Crippen LogP contribution in [0.3, 0.4) is 0 Å².